The summed E-state index contributed by atoms with van der Waals surface area (Å²) in [4.78, 5) is 6.74. The molecule has 0 atom stereocenters. The van der Waals surface area contributed by atoms with Gasteiger partial charge < -0.3 is 4.57 Å². The van der Waals surface area contributed by atoms with Crippen LogP contribution in [-0.2, 0) is 13.0 Å². The van der Waals surface area contributed by atoms with Gasteiger partial charge in [-0.1, -0.05) is 11.6 Å². The largest absolute Gasteiger partial charge is 0.331 e. The normalized spacial score (nSPS) is 17.8. The SMILES string of the molecule is N#CCN1CCC(=C2c3cc(F)ccc3CCn3ccnc32)CC1. The first-order valence-corrected chi connectivity index (χ1v) is 8.38. The second-order valence-corrected chi connectivity index (χ2v) is 6.41. The standard InChI is InChI=1S/C19H19FN4/c20-16-2-1-14-5-10-24-12-7-22-19(24)18(17(14)13-16)15-3-8-23(9-4-15)11-6-21/h1-2,7,12-13H,3-5,8-11H2. The lowest BCUT2D eigenvalue weighted by Gasteiger charge is -2.28. The van der Waals surface area contributed by atoms with Crippen molar-refractivity contribution in [2.75, 3.05) is 19.6 Å². The number of halogens is 1. The summed E-state index contributed by atoms with van der Waals surface area (Å²) < 4.78 is 16.1. The molecule has 0 spiro atoms. The lowest BCUT2D eigenvalue weighted by atomic mass is 9.90. The molecule has 0 amide bonds. The first kappa shape index (κ1) is 15.1. The van der Waals surface area contributed by atoms with Crippen LogP contribution in [0.25, 0.3) is 5.57 Å². The topological polar surface area (TPSA) is 44.9 Å². The predicted octanol–water partition coefficient (Wildman–Crippen LogP) is 3.00. The molecule has 2 aliphatic heterocycles. The van der Waals surface area contributed by atoms with Gasteiger partial charge in [0.15, 0.2) is 0 Å². The van der Waals surface area contributed by atoms with Crippen molar-refractivity contribution in [1.82, 2.24) is 14.5 Å². The summed E-state index contributed by atoms with van der Waals surface area (Å²) in [5, 5.41) is 8.87. The number of aryl methyl sites for hydroxylation is 2. The van der Waals surface area contributed by atoms with E-state index in [1.165, 1.54) is 11.1 Å². The second-order valence-electron chi connectivity index (χ2n) is 6.41. The predicted molar refractivity (Wildman–Crippen MR) is 89.6 cm³/mol. The molecular formula is C19H19FN4. The average Bonchev–Trinajstić information content (AvgIpc) is 2.99. The lowest BCUT2D eigenvalue weighted by Crippen LogP contribution is -2.31. The van der Waals surface area contributed by atoms with E-state index < -0.39 is 0 Å². The molecule has 4 rings (SSSR count). The zero-order valence-corrected chi connectivity index (χ0v) is 13.5. The zero-order valence-electron chi connectivity index (χ0n) is 13.5. The van der Waals surface area contributed by atoms with Gasteiger partial charge in [-0.25, -0.2) is 9.37 Å². The molecule has 0 radical (unpaired) electrons. The molecule has 2 aliphatic rings. The van der Waals surface area contributed by atoms with Crippen LogP contribution in [-0.4, -0.2) is 34.1 Å². The second kappa shape index (κ2) is 6.21. The highest BCUT2D eigenvalue weighted by atomic mass is 19.1. The van der Waals surface area contributed by atoms with E-state index in [-0.39, 0.29) is 5.82 Å². The molecule has 0 unspecified atom stereocenters. The Morgan fingerprint density at radius 3 is 2.79 bits per heavy atom. The van der Waals surface area contributed by atoms with Crippen molar-refractivity contribution in [3.63, 3.8) is 0 Å². The van der Waals surface area contributed by atoms with Crippen molar-refractivity contribution in [3.8, 4) is 6.07 Å². The Balaban J connectivity index is 1.82. The highest BCUT2D eigenvalue weighted by Crippen LogP contribution is 2.35. The molecule has 1 fully saturated rings. The highest BCUT2D eigenvalue weighted by Gasteiger charge is 2.25. The summed E-state index contributed by atoms with van der Waals surface area (Å²) in [5.74, 6) is 0.747. The Kier molecular flexibility index (Phi) is 3.91. The van der Waals surface area contributed by atoms with Crippen molar-refractivity contribution in [2.45, 2.75) is 25.8 Å². The molecular weight excluding hydrogens is 303 g/mol. The maximum Gasteiger partial charge on any atom is 0.140 e. The van der Waals surface area contributed by atoms with E-state index in [1.54, 1.807) is 12.1 Å². The quantitative estimate of drug-likeness (QED) is 0.758. The van der Waals surface area contributed by atoms with Gasteiger partial charge in [0.25, 0.3) is 0 Å². The maximum absolute atomic E-state index is 13.9. The molecule has 5 heteroatoms. The Morgan fingerprint density at radius 2 is 2.00 bits per heavy atom. The molecule has 122 valence electrons. The van der Waals surface area contributed by atoms with Crippen LogP contribution >= 0.6 is 0 Å². The van der Waals surface area contributed by atoms with Crippen LogP contribution in [0, 0.1) is 17.1 Å². The lowest BCUT2D eigenvalue weighted by molar-refractivity contribution is 0.286. The number of fused-ring (bicyclic) bond motifs is 2. The van der Waals surface area contributed by atoms with E-state index in [2.05, 4.69) is 20.5 Å². The first-order chi connectivity index (χ1) is 11.8. The minimum Gasteiger partial charge on any atom is -0.331 e. The minimum absolute atomic E-state index is 0.200. The van der Waals surface area contributed by atoms with E-state index in [9.17, 15) is 4.39 Å². The third kappa shape index (κ3) is 2.63. The van der Waals surface area contributed by atoms with Crippen molar-refractivity contribution < 1.29 is 4.39 Å². The summed E-state index contributed by atoms with van der Waals surface area (Å²) in [6, 6.07) is 7.33. The van der Waals surface area contributed by atoms with Crippen LogP contribution in [0.2, 0.25) is 0 Å². The highest BCUT2D eigenvalue weighted by molar-refractivity contribution is 5.81. The van der Waals surface area contributed by atoms with E-state index in [4.69, 9.17) is 5.26 Å². The third-order valence-electron chi connectivity index (χ3n) is 5.01. The summed E-state index contributed by atoms with van der Waals surface area (Å²) in [5.41, 5.74) is 4.60. The number of benzene rings is 1. The fourth-order valence-electron chi connectivity index (χ4n) is 3.76. The van der Waals surface area contributed by atoms with Crippen LogP contribution in [0.4, 0.5) is 4.39 Å². The summed E-state index contributed by atoms with van der Waals surface area (Å²) >= 11 is 0. The number of imidazole rings is 1. The molecule has 1 aromatic heterocycles. The Hall–Kier alpha value is -2.45. The van der Waals surface area contributed by atoms with Gasteiger partial charge in [-0.05, 0) is 42.5 Å². The van der Waals surface area contributed by atoms with Crippen molar-refractivity contribution in [3.05, 3.63) is 58.9 Å². The molecule has 1 saturated heterocycles. The van der Waals surface area contributed by atoms with Gasteiger partial charge >= 0.3 is 0 Å². The molecule has 0 saturated carbocycles. The van der Waals surface area contributed by atoms with E-state index in [0.717, 1.165) is 55.9 Å². The number of nitriles is 1. The number of rotatable bonds is 1. The Labute approximate surface area is 140 Å². The molecule has 2 aromatic rings. The summed E-state index contributed by atoms with van der Waals surface area (Å²) in [7, 11) is 0. The van der Waals surface area contributed by atoms with E-state index >= 15 is 0 Å². The number of aromatic nitrogens is 2. The van der Waals surface area contributed by atoms with E-state index in [0.29, 0.717) is 6.54 Å². The minimum atomic E-state index is -0.200. The molecule has 0 aliphatic carbocycles. The molecule has 0 bridgehead atoms. The molecule has 4 nitrogen and oxygen atoms in total. The van der Waals surface area contributed by atoms with Crippen LogP contribution < -0.4 is 0 Å². The monoisotopic (exact) mass is 322 g/mol. The van der Waals surface area contributed by atoms with Crippen LogP contribution in [0.3, 0.4) is 0 Å². The first-order valence-electron chi connectivity index (χ1n) is 8.38. The summed E-state index contributed by atoms with van der Waals surface area (Å²) in [6.45, 7) is 3.09. The molecule has 1 aromatic carbocycles. The van der Waals surface area contributed by atoms with Crippen molar-refractivity contribution >= 4 is 5.57 Å². The van der Waals surface area contributed by atoms with Crippen LogP contribution in [0.1, 0.15) is 29.8 Å². The number of hydrogen-bond donors (Lipinski definition) is 0. The summed E-state index contributed by atoms with van der Waals surface area (Å²) in [6.07, 6.45) is 6.52. The number of piperidine rings is 1. The zero-order chi connectivity index (χ0) is 16.5. The Morgan fingerprint density at radius 1 is 1.17 bits per heavy atom. The van der Waals surface area contributed by atoms with Crippen LogP contribution in [0.5, 0.6) is 0 Å². The molecule has 0 N–H and O–H groups in total. The fourth-order valence-corrected chi connectivity index (χ4v) is 3.76. The van der Waals surface area contributed by atoms with Gasteiger partial charge in [0, 0.05) is 37.6 Å². The molecule has 3 heterocycles. The van der Waals surface area contributed by atoms with Crippen LogP contribution in [0.15, 0.2) is 36.2 Å². The number of nitrogens with zero attached hydrogens (tertiary/aromatic N) is 4. The van der Waals surface area contributed by atoms with Gasteiger partial charge in [-0.3, -0.25) is 4.90 Å². The van der Waals surface area contributed by atoms with Crippen molar-refractivity contribution in [1.29, 1.82) is 5.26 Å². The van der Waals surface area contributed by atoms with Gasteiger partial charge in [0.05, 0.1) is 12.6 Å². The van der Waals surface area contributed by atoms with E-state index in [1.807, 2.05) is 18.5 Å². The third-order valence-corrected chi connectivity index (χ3v) is 5.01. The number of hydrogen-bond acceptors (Lipinski definition) is 3. The number of likely N-dealkylation sites (tertiary alicyclic amines) is 1. The fraction of sp³-hybridized carbons (Fsp3) is 0.368. The van der Waals surface area contributed by atoms with Gasteiger partial charge in [0.2, 0.25) is 0 Å². The Bertz CT molecular complexity index is 833. The average molecular weight is 322 g/mol. The van der Waals surface area contributed by atoms with Gasteiger partial charge in [0.1, 0.15) is 11.6 Å². The van der Waals surface area contributed by atoms with Gasteiger partial charge in [-0.15, -0.1) is 0 Å². The molecule has 24 heavy (non-hydrogen) atoms. The van der Waals surface area contributed by atoms with Gasteiger partial charge in [-0.2, -0.15) is 5.26 Å². The maximum atomic E-state index is 13.9. The smallest absolute Gasteiger partial charge is 0.140 e. The van der Waals surface area contributed by atoms with Crippen molar-refractivity contribution in [2.24, 2.45) is 0 Å².